The lowest BCUT2D eigenvalue weighted by Gasteiger charge is -2.03. The molecule has 5 aromatic rings. The number of pyridine rings is 2. The van der Waals surface area contributed by atoms with Gasteiger partial charge in [0, 0.05) is 29.2 Å². The molecule has 0 radical (unpaired) electrons. The summed E-state index contributed by atoms with van der Waals surface area (Å²) in [5.41, 5.74) is 3.11. The number of imidazole rings is 1. The number of hydrogen-bond acceptors (Lipinski definition) is 7. The summed E-state index contributed by atoms with van der Waals surface area (Å²) >= 11 is 0. The average Bonchev–Trinajstić information content (AvgIpc) is 3.40. The third-order valence-corrected chi connectivity index (χ3v) is 5.01. The highest BCUT2D eigenvalue weighted by Crippen LogP contribution is 2.42. The lowest BCUT2D eigenvalue weighted by atomic mass is 10.1. The molecular formula is C20H11N5O4. The van der Waals surface area contributed by atoms with Gasteiger partial charge in [-0.05, 0) is 24.3 Å². The molecule has 0 aliphatic carbocycles. The number of fused-ring (bicyclic) bond motifs is 7. The minimum atomic E-state index is -0.455. The minimum Gasteiger partial charge on any atom is -0.454 e. The zero-order valence-electron chi connectivity index (χ0n) is 14.7. The molecule has 140 valence electrons. The van der Waals surface area contributed by atoms with E-state index in [0.717, 1.165) is 27.3 Å². The maximum absolute atomic E-state index is 11.7. The number of ether oxygens (including phenoxy) is 2. The number of nitro benzene ring substituents is 1. The van der Waals surface area contributed by atoms with Crippen molar-refractivity contribution in [1.29, 1.82) is 0 Å². The summed E-state index contributed by atoms with van der Waals surface area (Å²) in [4.78, 5) is 28.1. The molecule has 4 heterocycles. The van der Waals surface area contributed by atoms with Gasteiger partial charge in [-0.2, -0.15) is 0 Å². The SMILES string of the molecule is O=[N+]([O-])c1cc2c(cc1-c1nc3c4cccnc4c4ncccc4c3[nH]1)OCO2. The van der Waals surface area contributed by atoms with Crippen LogP contribution in [0.25, 0.3) is 44.2 Å². The van der Waals surface area contributed by atoms with Gasteiger partial charge in [0.2, 0.25) is 6.79 Å². The van der Waals surface area contributed by atoms with Crippen molar-refractivity contribution in [1.82, 2.24) is 19.9 Å². The monoisotopic (exact) mass is 385 g/mol. The van der Waals surface area contributed by atoms with E-state index in [0.29, 0.717) is 28.4 Å². The van der Waals surface area contributed by atoms with Crippen LogP contribution in [-0.2, 0) is 0 Å². The van der Waals surface area contributed by atoms with E-state index in [1.165, 1.54) is 6.07 Å². The average molecular weight is 385 g/mol. The molecule has 9 heteroatoms. The van der Waals surface area contributed by atoms with Crippen molar-refractivity contribution in [3.8, 4) is 22.9 Å². The summed E-state index contributed by atoms with van der Waals surface area (Å²) in [5, 5.41) is 13.3. The summed E-state index contributed by atoms with van der Waals surface area (Å²) in [6, 6.07) is 10.4. The van der Waals surface area contributed by atoms with Gasteiger partial charge in [0.25, 0.3) is 5.69 Å². The van der Waals surface area contributed by atoms with Gasteiger partial charge >= 0.3 is 0 Å². The van der Waals surface area contributed by atoms with Gasteiger partial charge in [0.05, 0.1) is 38.6 Å². The van der Waals surface area contributed by atoms with Crippen LogP contribution in [-0.4, -0.2) is 31.7 Å². The van der Waals surface area contributed by atoms with Crippen LogP contribution >= 0.6 is 0 Å². The first kappa shape index (κ1) is 15.8. The Hall–Kier alpha value is -4.27. The molecule has 0 saturated heterocycles. The molecule has 1 aliphatic heterocycles. The van der Waals surface area contributed by atoms with Crippen molar-refractivity contribution in [2.24, 2.45) is 0 Å². The zero-order valence-corrected chi connectivity index (χ0v) is 14.7. The Morgan fingerprint density at radius 3 is 2.41 bits per heavy atom. The third-order valence-electron chi connectivity index (χ3n) is 5.01. The Balaban J connectivity index is 1.72. The fourth-order valence-electron chi connectivity index (χ4n) is 3.74. The molecule has 0 atom stereocenters. The maximum atomic E-state index is 11.7. The van der Waals surface area contributed by atoms with E-state index in [1.54, 1.807) is 18.5 Å². The predicted molar refractivity (Wildman–Crippen MR) is 105 cm³/mol. The first-order chi connectivity index (χ1) is 14.2. The van der Waals surface area contributed by atoms with Gasteiger partial charge in [0.15, 0.2) is 11.5 Å². The van der Waals surface area contributed by atoms with Crippen molar-refractivity contribution in [2.75, 3.05) is 6.79 Å². The number of nitrogens with one attached hydrogen (secondary N) is 1. The fraction of sp³-hybridized carbons (Fsp3) is 0.0500. The molecule has 2 aromatic carbocycles. The fourth-order valence-corrected chi connectivity index (χ4v) is 3.74. The van der Waals surface area contributed by atoms with E-state index in [-0.39, 0.29) is 12.5 Å². The van der Waals surface area contributed by atoms with Gasteiger partial charge in [-0.3, -0.25) is 20.1 Å². The molecule has 3 aromatic heterocycles. The summed E-state index contributed by atoms with van der Waals surface area (Å²) in [6.07, 6.45) is 3.42. The molecular weight excluding hydrogens is 374 g/mol. The predicted octanol–water partition coefficient (Wildman–Crippen LogP) is 3.96. The molecule has 0 saturated carbocycles. The Morgan fingerprint density at radius 2 is 1.66 bits per heavy atom. The molecule has 1 aliphatic rings. The van der Waals surface area contributed by atoms with Crippen molar-refractivity contribution in [3.63, 3.8) is 0 Å². The summed E-state index contributed by atoms with van der Waals surface area (Å²) < 4.78 is 10.7. The first-order valence-electron chi connectivity index (χ1n) is 8.80. The van der Waals surface area contributed by atoms with E-state index < -0.39 is 4.92 Å². The van der Waals surface area contributed by atoms with E-state index in [2.05, 4.69) is 15.0 Å². The highest BCUT2D eigenvalue weighted by Gasteiger charge is 2.26. The van der Waals surface area contributed by atoms with E-state index in [4.69, 9.17) is 14.5 Å². The summed E-state index contributed by atoms with van der Waals surface area (Å²) in [5.74, 6) is 1.16. The van der Waals surface area contributed by atoms with Crippen LogP contribution in [0.4, 0.5) is 5.69 Å². The number of H-pyrrole nitrogens is 1. The van der Waals surface area contributed by atoms with Crippen LogP contribution in [0.5, 0.6) is 11.5 Å². The number of nitro groups is 1. The summed E-state index contributed by atoms with van der Waals surface area (Å²) in [7, 11) is 0. The van der Waals surface area contributed by atoms with Crippen molar-refractivity contribution in [3.05, 3.63) is 58.9 Å². The van der Waals surface area contributed by atoms with Crippen LogP contribution in [0.1, 0.15) is 0 Å². The quantitative estimate of drug-likeness (QED) is 0.278. The van der Waals surface area contributed by atoms with Crippen LogP contribution in [0.2, 0.25) is 0 Å². The largest absolute Gasteiger partial charge is 0.454 e. The van der Waals surface area contributed by atoms with Crippen molar-refractivity contribution in [2.45, 2.75) is 0 Å². The topological polar surface area (TPSA) is 116 Å². The zero-order chi connectivity index (χ0) is 19.5. The van der Waals surface area contributed by atoms with Gasteiger partial charge in [-0.1, -0.05) is 0 Å². The number of aromatic amines is 1. The Morgan fingerprint density at radius 1 is 0.966 bits per heavy atom. The van der Waals surface area contributed by atoms with Gasteiger partial charge in [-0.25, -0.2) is 4.98 Å². The van der Waals surface area contributed by atoms with Crippen LogP contribution in [0.3, 0.4) is 0 Å². The van der Waals surface area contributed by atoms with Crippen LogP contribution in [0, 0.1) is 10.1 Å². The lowest BCUT2D eigenvalue weighted by Crippen LogP contribution is -1.93. The molecule has 6 rings (SSSR count). The molecule has 0 amide bonds. The second kappa shape index (κ2) is 5.61. The smallest absolute Gasteiger partial charge is 0.284 e. The Labute approximate surface area is 162 Å². The third kappa shape index (κ3) is 2.18. The standard InChI is InChI=1S/C20H11N5O4/c26-25(27)13-8-15-14(28-9-29-15)7-12(13)20-23-18-10-3-1-5-21-16(10)17-11(19(18)24-20)4-2-6-22-17/h1-8H,9H2,(H,23,24). The second-order valence-electron chi connectivity index (χ2n) is 6.59. The Kier molecular flexibility index (Phi) is 3.05. The van der Waals surface area contributed by atoms with Gasteiger partial charge < -0.3 is 14.5 Å². The molecule has 0 bridgehead atoms. The van der Waals surface area contributed by atoms with Gasteiger partial charge in [0.1, 0.15) is 5.82 Å². The number of hydrogen-bond donors (Lipinski definition) is 1. The second-order valence-corrected chi connectivity index (χ2v) is 6.59. The lowest BCUT2D eigenvalue weighted by molar-refractivity contribution is -0.384. The number of aromatic nitrogens is 4. The van der Waals surface area contributed by atoms with E-state index >= 15 is 0 Å². The molecule has 0 fully saturated rings. The Bertz CT molecular complexity index is 1400. The van der Waals surface area contributed by atoms with Crippen LogP contribution in [0.15, 0.2) is 48.8 Å². The normalized spacial score (nSPS) is 12.8. The molecule has 9 nitrogen and oxygen atoms in total. The highest BCUT2D eigenvalue weighted by molar-refractivity contribution is 6.21. The van der Waals surface area contributed by atoms with Crippen molar-refractivity contribution >= 4 is 38.5 Å². The van der Waals surface area contributed by atoms with Crippen LogP contribution < -0.4 is 9.47 Å². The molecule has 0 spiro atoms. The summed E-state index contributed by atoms with van der Waals surface area (Å²) in [6.45, 7) is 0.0304. The minimum absolute atomic E-state index is 0.0304. The first-order valence-corrected chi connectivity index (χ1v) is 8.80. The number of rotatable bonds is 2. The highest BCUT2D eigenvalue weighted by atomic mass is 16.7. The number of nitrogens with zero attached hydrogens (tertiary/aromatic N) is 4. The molecule has 0 unspecified atom stereocenters. The number of benzene rings is 2. The molecule has 1 N–H and O–H groups in total. The van der Waals surface area contributed by atoms with E-state index in [1.807, 2.05) is 24.3 Å². The van der Waals surface area contributed by atoms with Crippen molar-refractivity contribution < 1.29 is 14.4 Å². The van der Waals surface area contributed by atoms with E-state index in [9.17, 15) is 10.1 Å². The molecule has 29 heavy (non-hydrogen) atoms. The maximum Gasteiger partial charge on any atom is 0.284 e. The van der Waals surface area contributed by atoms with Gasteiger partial charge in [-0.15, -0.1) is 0 Å².